The topological polar surface area (TPSA) is 69.7 Å². The fraction of sp³-hybridized carbons (Fsp3) is 0.273. The minimum absolute atomic E-state index is 0.0315. The molecule has 0 aliphatic rings. The van der Waals surface area contributed by atoms with E-state index in [0.29, 0.717) is 28.5 Å². The van der Waals surface area contributed by atoms with Gasteiger partial charge < -0.3 is 19.5 Å². The number of carbonyl (C=O) groups is 1. The molecule has 6 heteroatoms. The summed E-state index contributed by atoms with van der Waals surface area (Å²) >= 11 is 0. The van der Waals surface area contributed by atoms with Crippen molar-refractivity contribution in [2.24, 2.45) is 0 Å². The number of amides is 1. The third-order valence-corrected chi connectivity index (χ3v) is 4.34. The lowest BCUT2D eigenvalue weighted by Crippen LogP contribution is -2.30. The molecule has 0 bridgehead atoms. The Kier molecular flexibility index (Phi) is 5.68. The molecule has 1 aromatic heterocycles. The molecule has 0 fully saturated rings. The van der Waals surface area contributed by atoms with Gasteiger partial charge in [0.1, 0.15) is 0 Å². The molecule has 0 unspecified atom stereocenters. The number of ether oxygens (including phenoxy) is 3. The smallest absolute Gasteiger partial charge is 0.252 e. The first-order valence-electron chi connectivity index (χ1n) is 8.99. The van der Waals surface area contributed by atoms with Crippen LogP contribution >= 0.6 is 0 Å². The Morgan fingerprint density at radius 3 is 2.18 bits per heavy atom. The first-order valence-corrected chi connectivity index (χ1v) is 8.99. The molecule has 0 aliphatic heterocycles. The van der Waals surface area contributed by atoms with Gasteiger partial charge in [-0.05, 0) is 38.1 Å². The summed E-state index contributed by atoms with van der Waals surface area (Å²) in [4.78, 5) is 17.5. The molecule has 6 nitrogen and oxygen atoms in total. The van der Waals surface area contributed by atoms with Crippen molar-refractivity contribution in [2.75, 3.05) is 21.3 Å². The monoisotopic (exact) mass is 380 g/mol. The van der Waals surface area contributed by atoms with Crippen molar-refractivity contribution in [3.8, 4) is 28.5 Å². The number of nitrogens with one attached hydrogen (secondary N) is 1. The number of rotatable bonds is 6. The Labute approximate surface area is 164 Å². The SMILES string of the molecule is COc1cc(-c2cc(C(=O)NC(C)C)c3ccccc3n2)cc(OC)c1OC. The number of fused-ring (bicyclic) bond motifs is 1. The van der Waals surface area contributed by atoms with Crippen molar-refractivity contribution in [1.82, 2.24) is 10.3 Å². The highest BCUT2D eigenvalue weighted by Crippen LogP contribution is 2.41. The Morgan fingerprint density at radius 2 is 1.61 bits per heavy atom. The molecule has 2 aromatic carbocycles. The van der Waals surface area contributed by atoms with Gasteiger partial charge in [-0.25, -0.2) is 4.98 Å². The highest BCUT2D eigenvalue weighted by atomic mass is 16.5. The Hall–Kier alpha value is -3.28. The predicted molar refractivity (Wildman–Crippen MR) is 109 cm³/mol. The number of nitrogens with zero attached hydrogens (tertiary/aromatic N) is 1. The maximum atomic E-state index is 12.8. The van der Waals surface area contributed by atoms with E-state index >= 15 is 0 Å². The van der Waals surface area contributed by atoms with Crippen LogP contribution in [0.15, 0.2) is 42.5 Å². The number of aromatic nitrogens is 1. The minimum Gasteiger partial charge on any atom is -0.493 e. The van der Waals surface area contributed by atoms with Crippen molar-refractivity contribution in [3.63, 3.8) is 0 Å². The molecule has 1 heterocycles. The summed E-state index contributed by atoms with van der Waals surface area (Å²) in [6.45, 7) is 3.86. The molecule has 0 saturated carbocycles. The summed E-state index contributed by atoms with van der Waals surface area (Å²) < 4.78 is 16.3. The van der Waals surface area contributed by atoms with Crippen LogP contribution in [0.3, 0.4) is 0 Å². The van der Waals surface area contributed by atoms with Crippen LogP contribution in [0.2, 0.25) is 0 Å². The number of carbonyl (C=O) groups excluding carboxylic acids is 1. The highest BCUT2D eigenvalue weighted by molar-refractivity contribution is 6.07. The average Bonchev–Trinajstić information content (AvgIpc) is 2.71. The van der Waals surface area contributed by atoms with Crippen molar-refractivity contribution in [2.45, 2.75) is 19.9 Å². The second-order valence-corrected chi connectivity index (χ2v) is 6.61. The fourth-order valence-electron chi connectivity index (χ4n) is 3.08. The first kappa shape index (κ1) is 19.5. The Balaban J connectivity index is 2.23. The van der Waals surface area contributed by atoms with Crippen LogP contribution in [0, 0.1) is 0 Å². The largest absolute Gasteiger partial charge is 0.493 e. The number of methoxy groups -OCH3 is 3. The van der Waals surface area contributed by atoms with E-state index in [0.717, 1.165) is 16.5 Å². The number of hydrogen-bond donors (Lipinski definition) is 1. The van der Waals surface area contributed by atoms with Crippen LogP contribution < -0.4 is 19.5 Å². The predicted octanol–water partition coefficient (Wildman–Crippen LogP) is 4.07. The quantitative estimate of drug-likeness (QED) is 0.698. The molecule has 0 radical (unpaired) electrons. The molecular formula is C22H24N2O4. The standard InChI is InChI=1S/C22H24N2O4/c1-13(2)23-22(25)16-12-18(24-17-9-7-6-8-15(16)17)14-10-19(26-3)21(28-5)20(11-14)27-4/h6-13H,1-5H3,(H,23,25). The molecule has 3 aromatic rings. The maximum absolute atomic E-state index is 12.8. The van der Waals surface area contributed by atoms with Crippen LogP contribution in [-0.2, 0) is 0 Å². The molecule has 1 N–H and O–H groups in total. The molecule has 3 rings (SSSR count). The van der Waals surface area contributed by atoms with Crippen molar-refractivity contribution >= 4 is 16.8 Å². The second-order valence-electron chi connectivity index (χ2n) is 6.61. The van der Waals surface area contributed by atoms with Crippen LogP contribution in [0.5, 0.6) is 17.2 Å². The van der Waals surface area contributed by atoms with Gasteiger partial charge in [0.05, 0.1) is 38.1 Å². The molecule has 1 amide bonds. The summed E-state index contributed by atoms with van der Waals surface area (Å²) in [5, 5.41) is 3.76. The lowest BCUT2D eigenvalue weighted by Gasteiger charge is -2.15. The Morgan fingerprint density at radius 1 is 0.964 bits per heavy atom. The number of pyridine rings is 1. The summed E-state index contributed by atoms with van der Waals surface area (Å²) in [6.07, 6.45) is 0. The van der Waals surface area contributed by atoms with E-state index < -0.39 is 0 Å². The van der Waals surface area contributed by atoms with Gasteiger partial charge in [-0.15, -0.1) is 0 Å². The number of hydrogen-bond acceptors (Lipinski definition) is 5. The molecule has 146 valence electrons. The zero-order chi connectivity index (χ0) is 20.3. The first-order chi connectivity index (χ1) is 13.5. The average molecular weight is 380 g/mol. The number of para-hydroxylation sites is 1. The van der Waals surface area contributed by atoms with E-state index in [1.807, 2.05) is 50.2 Å². The van der Waals surface area contributed by atoms with Gasteiger partial charge in [0, 0.05) is 17.0 Å². The van der Waals surface area contributed by atoms with Gasteiger partial charge in [0.2, 0.25) is 5.75 Å². The maximum Gasteiger partial charge on any atom is 0.252 e. The third kappa shape index (κ3) is 3.71. The molecule has 0 aliphatic carbocycles. The fourth-order valence-corrected chi connectivity index (χ4v) is 3.08. The van der Waals surface area contributed by atoms with Crippen molar-refractivity contribution < 1.29 is 19.0 Å². The van der Waals surface area contributed by atoms with Gasteiger partial charge >= 0.3 is 0 Å². The van der Waals surface area contributed by atoms with Crippen LogP contribution in [0.1, 0.15) is 24.2 Å². The van der Waals surface area contributed by atoms with Crippen LogP contribution in [-0.4, -0.2) is 38.3 Å². The van der Waals surface area contributed by atoms with E-state index in [1.54, 1.807) is 27.4 Å². The van der Waals surface area contributed by atoms with Gasteiger partial charge in [-0.1, -0.05) is 18.2 Å². The number of benzene rings is 2. The van der Waals surface area contributed by atoms with Gasteiger partial charge in [0.25, 0.3) is 5.91 Å². The second kappa shape index (κ2) is 8.17. The summed E-state index contributed by atoms with van der Waals surface area (Å²) in [5.74, 6) is 1.43. The molecule has 0 saturated heterocycles. The van der Waals surface area contributed by atoms with E-state index in [4.69, 9.17) is 19.2 Å². The van der Waals surface area contributed by atoms with E-state index in [9.17, 15) is 4.79 Å². The zero-order valence-corrected chi connectivity index (χ0v) is 16.7. The molecule has 0 atom stereocenters. The summed E-state index contributed by atoms with van der Waals surface area (Å²) in [5.41, 5.74) is 2.72. The van der Waals surface area contributed by atoms with Crippen molar-refractivity contribution in [3.05, 3.63) is 48.0 Å². The van der Waals surface area contributed by atoms with E-state index in [2.05, 4.69) is 5.32 Å². The molecule has 28 heavy (non-hydrogen) atoms. The highest BCUT2D eigenvalue weighted by Gasteiger charge is 2.18. The van der Waals surface area contributed by atoms with Crippen LogP contribution in [0.4, 0.5) is 0 Å². The minimum atomic E-state index is -0.137. The lowest BCUT2D eigenvalue weighted by atomic mass is 10.0. The van der Waals surface area contributed by atoms with Gasteiger partial charge in [-0.2, -0.15) is 0 Å². The lowest BCUT2D eigenvalue weighted by molar-refractivity contribution is 0.0945. The van der Waals surface area contributed by atoms with Gasteiger partial charge in [0.15, 0.2) is 11.5 Å². The normalized spacial score (nSPS) is 10.8. The molecule has 0 spiro atoms. The Bertz CT molecular complexity index is 990. The summed E-state index contributed by atoms with van der Waals surface area (Å²) in [7, 11) is 4.69. The van der Waals surface area contributed by atoms with Crippen LogP contribution in [0.25, 0.3) is 22.2 Å². The van der Waals surface area contributed by atoms with E-state index in [-0.39, 0.29) is 11.9 Å². The summed E-state index contributed by atoms with van der Waals surface area (Å²) in [6, 6.07) is 13.1. The molecular weight excluding hydrogens is 356 g/mol. The van der Waals surface area contributed by atoms with Gasteiger partial charge in [-0.3, -0.25) is 4.79 Å². The van der Waals surface area contributed by atoms with Crippen molar-refractivity contribution in [1.29, 1.82) is 0 Å². The third-order valence-electron chi connectivity index (χ3n) is 4.34. The van der Waals surface area contributed by atoms with E-state index in [1.165, 1.54) is 0 Å². The zero-order valence-electron chi connectivity index (χ0n) is 16.7.